The van der Waals surface area contributed by atoms with Gasteiger partial charge in [0.1, 0.15) is 0 Å². The number of hydrogen-bond donors (Lipinski definition) is 1. The van der Waals surface area contributed by atoms with Gasteiger partial charge in [-0.15, -0.1) is 0 Å². The summed E-state index contributed by atoms with van der Waals surface area (Å²) in [6.07, 6.45) is 0. The molecule has 1 heterocycles. The monoisotopic (exact) mass is 209 g/mol. The molecule has 1 unspecified atom stereocenters. The third-order valence-corrected chi connectivity index (χ3v) is 5.12. The average Bonchev–Trinajstić information content (AvgIpc) is 2.53. The Morgan fingerprint density at radius 1 is 1.29 bits per heavy atom. The SMILES string of the molecule is CC1(C)C(C(N)c2ccsc2)C1(C)C. The molecular weight excluding hydrogens is 190 g/mol. The molecule has 0 bridgehead atoms. The fourth-order valence-electron chi connectivity index (χ4n) is 2.80. The highest BCUT2D eigenvalue weighted by atomic mass is 32.1. The van der Waals surface area contributed by atoms with Crippen LogP contribution >= 0.6 is 11.3 Å². The second kappa shape index (κ2) is 2.83. The lowest BCUT2D eigenvalue weighted by atomic mass is 10.0. The van der Waals surface area contributed by atoms with Gasteiger partial charge in [-0.25, -0.2) is 0 Å². The van der Waals surface area contributed by atoms with Gasteiger partial charge in [-0.2, -0.15) is 11.3 Å². The van der Waals surface area contributed by atoms with Crippen molar-refractivity contribution in [3.05, 3.63) is 22.4 Å². The molecule has 14 heavy (non-hydrogen) atoms. The molecule has 1 nitrogen and oxygen atoms in total. The zero-order valence-electron chi connectivity index (χ0n) is 9.37. The molecule has 1 aromatic heterocycles. The Labute approximate surface area is 90.3 Å². The van der Waals surface area contributed by atoms with Gasteiger partial charge in [0.05, 0.1) is 0 Å². The van der Waals surface area contributed by atoms with Crippen LogP contribution in [0.5, 0.6) is 0 Å². The molecule has 0 aliphatic heterocycles. The summed E-state index contributed by atoms with van der Waals surface area (Å²) in [5.41, 5.74) is 8.37. The summed E-state index contributed by atoms with van der Waals surface area (Å²) in [5, 5.41) is 4.28. The summed E-state index contributed by atoms with van der Waals surface area (Å²) in [6, 6.07) is 2.37. The van der Waals surface area contributed by atoms with Crippen LogP contribution in [0.25, 0.3) is 0 Å². The predicted molar refractivity (Wildman–Crippen MR) is 62.3 cm³/mol. The molecule has 0 amide bonds. The molecule has 0 spiro atoms. The topological polar surface area (TPSA) is 26.0 Å². The first kappa shape index (κ1) is 10.2. The van der Waals surface area contributed by atoms with Gasteiger partial charge >= 0.3 is 0 Å². The summed E-state index contributed by atoms with van der Waals surface area (Å²) < 4.78 is 0. The number of nitrogens with two attached hydrogens (primary N) is 1. The second-order valence-electron chi connectivity index (χ2n) is 5.50. The zero-order chi connectivity index (χ0) is 10.6. The normalized spacial score (nSPS) is 26.1. The van der Waals surface area contributed by atoms with Crippen molar-refractivity contribution >= 4 is 11.3 Å². The number of rotatable bonds is 2. The van der Waals surface area contributed by atoms with E-state index in [-0.39, 0.29) is 6.04 Å². The van der Waals surface area contributed by atoms with Crippen molar-refractivity contribution in [3.8, 4) is 0 Å². The Balaban J connectivity index is 2.20. The molecule has 1 aliphatic carbocycles. The quantitative estimate of drug-likeness (QED) is 0.793. The molecule has 1 aliphatic rings. The van der Waals surface area contributed by atoms with Crippen LogP contribution < -0.4 is 5.73 Å². The smallest absolute Gasteiger partial charge is 0.0342 e. The van der Waals surface area contributed by atoms with Gasteiger partial charge in [-0.3, -0.25) is 0 Å². The standard InChI is InChI=1S/C12H19NS/c1-11(2)10(12(11,3)4)9(13)8-5-6-14-7-8/h5-7,9-10H,13H2,1-4H3. The van der Waals surface area contributed by atoms with E-state index in [1.165, 1.54) is 5.56 Å². The zero-order valence-corrected chi connectivity index (χ0v) is 10.2. The van der Waals surface area contributed by atoms with Crippen LogP contribution in [0.1, 0.15) is 39.3 Å². The van der Waals surface area contributed by atoms with Crippen LogP contribution in [-0.4, -0.2) is 0 Å². The highest BCUT2D eigenvalue weighted by Gasteiger charge is 2.66. The third kappa shape index (κ3) is 1.17. The molecule has 1 saturated carbocycles. The van der Waals surface area contributed by atoms with Gasteiger partial charge in [0.2, 0.25) is 0 Å². The summed E-state index contributed by atoms with van der Waals surface area (Å²) in [7, 11) is 0. The fraction of sp³-hybridized carbons (Fsp3) is 0.667. The maximum absolute atomic E-state index is 6.30. The van der Waals surface area contributed by atoms with Crippen molar-refractivity contribution in [2.24, 2.45) is 22.5 Å². The van der Waals surface area contributed by atoms with Gasteiger partial charge in [-0.1, -0.05) is 27.7 Å². The van der Waals surface area contributed by atoms with Crippen molar-refractivity contribution < 1.29 is 0 Å². The van der Waals surface area contributed by atoms with E-state index in [1.54, 1.807) is 11.3 Å². The lowest BCUT2D eigenvalue weighted by Crippen LogP contribution is -2.15. The van der Waals surface area contributed by atoms with Crippen LogP contribution in [-0.2, 0) is 0 Å². The largest absolute Gasteiger partial charge is 0.324 e. The molecule has 0 radical (unpaired) electrons. The van der Waals surface area contributed by atoms with E-state index >= 15 is 0 Å². The molecule has 1 aromatic rings. The third-order valence-electron chi connectivity index (χ3n) is 4.42. The van der Waals surface area contributed by atoms with E-state index in [0.717, 1.165) is 0 Å². The van der Waals surface area contributed by atoms with E-state index in [0.29, 0.717) is 16.7 Å². The highest BCUT2D eigenvalue weighted by Crippen LogP contribution is 2.71. The Morgan fingerprint density at radius 3 is 2.21 bits per heavy atom. The lowest BCUT2D eigenvalue weighted by Gasteiger charge is -2.11. The molecule has 78 valence electrons. The maximum Gasteiger partial charge on any atom is 0.0342 e. The highest BCUT2D eigenvalue weighted by molar-refractivity contribution is 7.07. The number of thiophene rings is 1. The van der Waals surface area contributed by atoms with Crippen molar-refractivity contribution in [1.29, 1.82) is 0 Å². The summed E-state index contributed by atoms with van der Waals surface area (Å²) >= 11 is 1.73. The molecule has 2 rings (SSSR count). The van der Waals surface area contributed by atoms with Crippen LogP contribution in [0.15, 0.2) is 16.8 Å². The maximum atomic E-state index is 6.30. The Morgan fingerprint density at radius 2 is 1.86 bits per heavy atom. The average molecular weight is 209 g/mol. The van der Waals surface area contributed by atoms with Crippen LogP contribution in [0, 0.1) is 16.7 Å². The predicted octanol–water partition coefficient (Wildman–Crippen LogP) is 3.43. The van der Waals surface area contributed by atoms with E-state index in [9.17, 15) is 0 Å². The first-order chi connectivity index (χ1) is 6.39. The minimum Gasteiger partial charge on any atom is -0.324 e. The summed E-state index contributed by atoms with van der Waals surface area (Å²) in [6.45, 7) is 9.29. The molecule has 1 fully saturated rings. The Kier molecular flexibility index (Phi) is 2.06. The Bertz CT molecular complexity index is 310. The summed E-state index contributed by atoms with van der Waals surface area (Å²) in [5.74, 6) is 0.615. The van der Waals surface area contributed by atoms with Crippen LogP contribution in [0.4, 0.5) is 0 Å². The van der Waals surface area contributed by atoms with Gasteiger partial charge in [0.25, 0.3) is 0 Å². The van der Waals surface area contributed by atoms with Gasteiger partial charge in [0.15, 0.2) is 0 Å². The fourth-order valence-corrected chi connectivity index (χ4v) is 3.51. The first-order valence-electron chi connectivity index (χ1n) is 5.16. The summed E-state index contributed by atoms with van der Waals surface area (Å²) in [4.78, 5) is 0. The Hall–Kier alpha value is -0.340. The van der Waals surface area contributed by atoms with Gasteiger partial charge in [0, 0.05) is 6.04 Å². The van der Waals surface area contributed by atoms with Crippen LogP contribution in [0.3, 0.4) is 0 Å². The van der Waals surface area contributed by atoms with Crippen molar-refractivity contribution in [2.45, 2.75) is 33.7 Å². The molecule has 2 N–H and O–H groups in total. The van der Waals surface area contributed by atoms with Crippen molar-refractivity contribution in [3.63, 3.8) is 0 Å². The van der Waals surface area contributed by atoms with Crippen LogP contribution in [0.2, 0.25) is 0 Å². The first-order valence-corrected chi connectivity index (χ1v) is 6.11. The van der Waals surface area contributed by atoms with E-state index in [1.807, 2.05) is 0 Å². The molecule has 1 atom stereocenters. The second-order valence-corrected chi connectivity index (χ2v) is 6.28. The van der Waals surface area contributed by atoms with E-state index in [4.69, 9.17) is 5.73 Å². The minimum atomic E-state index is 0.214. The van der Waals surface area contributed by atoms with Crippen molar-refractivity contribution in [2.75, 3.05) is 0 Å². The molecular formula is C12H19NS. The lowest BCUT2D eigenvalue weighted by molar-refractivity contribution is 0.457. The van der Waals surface area contributed by atoms with E-state index in [2.05, 4.69) is 44.5 Å². The minimum absolute atomic E-state index is 0.214. The van der Waals surface area contributed by atoms with Crippen molar-refractivity contribution in [1.82, 2.24) is 0 Å². The molecule has 2 heteroatoms. The molecule has 0 saturated heterocycles. The molecule has 0 aromatic carbocycles. The number of hydrogen-bond acceptors (Lipinski definition) is 2. The van der Waals surface area contributed by atoms with Gasteiger partial charge < -0.3 is 5.73 Å². The van der Waals surface area contributed by atoms with Gasteiger partial charge in [-0.05, 0) is 39.1 Å². The van der Waals surface area contributed by atoms with E-state index < -0.39 is 0 Å².